The minimum absolute atomic E-state index is 0.0899. The first kappa shape index (κ1) is 24.4. The molecule has 9 nitrogen and oxygen atoms in total. The molecule has 190 valence electrons. The van der Waals surface area contributed by atoms with Crippen molar-refractivity contribution in [3.8, 4) is 17.0 Å². The summed E-state index contributed by atoms with van der Waals surface area (Å²) in [6.45, 7) is 7.90. The second kappa shape index (κ2) is 11.2. The van der Waals surface area contributed by atoms with Crippen LogP contribution in [0, 0.1) is 0 Å². The summed E-state index contributed by atoms with van der Waals surface area (Å²) in [5.74, 6) is 1.51. The first-order valence-electron chi connectivity index (χ1n) is 12.6. The number of pyridine rings is 1. The van der Waals surface area contributed by atoms with Crippen LogP contribution in [0.1, 0.15) is 11.7 Å². The molecule has 0 spiro atoms. The van der Waals surface area contributed by atoms with Gasteiger partial charge in [-0.1, -0.05) is 12.1 Å². The van der Waals surface area contributed by atoms with Crippen molar-refractivity contribution >= 4 is 5.95 Å². The monoisotopic (exact) mass is 490 g/mol. The Hall–Kier alpha value is -3.27. The van der Waals surface area contributed by atoms with E-state index in [1.54, 1.807) is 30.1 Å². The van der Waals surface area contributed by atoms with Crippen LogP contribution in [0.5, 0.6) is 5.75 Å². The molecule has 0 amide bonds. The molecule has 5 rings (SSSR count). The van der Waals surface area contributed by atoms with Crippen LogP contribution in [-0.2, 0) is 11.8 Å². The lowest BCUT2D eigenvalue weighted by molar-refractivity contribution is 0.0389. The Morgan fingerprint density at radius 1 is 1.00 bits per heavy atom. The summed E-state index contributed by atoms with van der Waals surface area (Å²) in [7, 11) is 3.93. The minimum Gasteiger partial charge on any atom is -0.492 e. The zero-order valence-corrected chi connectivity index (χ0v) is 21.0. The number of anilines is 1. The molecular weight excluding hydrogens is 456 g/mol. The maximum atomic E-state index is 12.7. The van der Waals surface area contributed by atoms with Crippen molar-refractivity contribution < 1.29 is 9.47 Å². The second-order valence-electron chi connectivity index (χ2n) is 9.44. The number of ether oxygens (including phenoxy) is 2. The van der Waals surface area contributed by atoms with Gasteiger partial charge >= 0.3 is 0 Å². The third kappa shape index (κ3) is 5.75. The van der Waals surface area contributed by atoms with Gasteiger partial charge in [-0.3, -0.25) is 19.2 Å². The lowest BCUT2D eigenvalue weighted by Gasteiger charge is -2.34. The molecule has 0 saturated carbocycles. The lowest BCUT2D eigenvalue weighted by Crippen LogP contribution is -2.45. The second-order valence-corrected chi connectivity index (χ2v) is 9.44. The predicted octanol–water partition coefficient (Wildman–Crippen LogP) is 2.05. The zero-order chi connectivity index (χ0) is 24.9. The van der Waals surface area contributed by atoms with Crippen molar-refractivity contribution in [1.29, 1.82) is 0 Å². The number of aromatic nitrogens is 3. The molecular formula is C27H34N6O3. The highest BCUT2D eigenvalue weighted by molar-refractivity contribution is 5.59. The smallest absolute Gasteiger partial charge is 0.255 e. The van der Waals surface area contributed by atoms with E-state index in [2.05, 4.69) is 38.9 Å². The number of nitrogens with zero attached hydrogens (tertiary/aromatic N) is 6. The number of likely N-dealkylation sites (N-methyl/N-ethyl adjacent to an activating group) is 1. The van der Waals surface area contributed by atoms with Crippen molar-refractivity contribution in [3.05, 3.63) is 70.8 Å². The van der Waals surface area contributed by atoms with Gasteiger partial charge in [-0.25, -0.2) is 4.98 Å². The van der Waals surface area contributed by atoms with Gasteiger partial charge in [0.25, 0.3) is 5.56 Å². The topological polar surface area (TPSA) is 76.0 Å². The van der Waals surface area contributed by atoms with Crippen molar-refractivity contribution in [2.24, 2.45) is 7.05 Å². The highest BCUT2D eigenvalue weighted by atomic mass is 16.5. The fraction of sp³-hybridized carbons (Fsp3) is 0.444. The van der Waals surface area contributed by atoms with Crippen LogP contribution < -0.4 is 15.2 Å². The van der Waals surface area contributed by atoms with Gasteiger partial charge in [0.2, 0.25) is 5.95 Å². The van der Waals surface area contributed by atoms with E-state index in [-0.39, 0.29) is 11.7 Å². The Balaban J connectivity index is 1.22. The molecule has 2 aromatic heterocycles. The Bertz CT molecular complexity index is 1190. The van der Waals surface area contributed by atoms with Crippen LogP contribution in [-0.4, -0.2) is 90.4 Å². The third-order valence-corrected chi connectivity index (χ3v) is 6.96. The Morgan fingerprint density at radius 3 is 2.50 bits per heavy atom. The number of hydrogen-bond acceptors (Lipinski definition) is 8. The van der Waals surface area contributed by atoms with Gasteiger partial charge in [0.15, 0.2) is 0 Å². The van der Waals surface area contributed by atoms with E-state index < -0.39 is 0 Å². The van der Waals surface area contributed by atoms with Gasteiger partial charge in [-0.15, -0.1) is 0 Å². The molecule has 2 aliphatic heterocycles. The summed E-state index contributed by atoms with van der Waals surface area (Å²) < 4.78 is 13.7. The van der Waals surface area contributed by atoms with Gasteiger partial charge in [0.1, 0.15) is 18.5 Å². The number of benzene rings is 1. The zero-order valence-electron chi connectivity index (χ0n) is 21.0. The summed E-state index contributed by atoms with van der Waals surface area (Å²) in [5, 5.41) is 0. The largest absolute Gasteiger partial charge is 0.492 e. The van der Waals surface area contributed by atoms with Gasteiger partial charge in [-0.2, -0.15) is 0 Å². The minimum atomic E-state index is -0.111. The van der Waals surface area contributed by atoms with E-state index in [0.717, 1.165) is 49.6 Å². The summed E-state index contributed by atoms with van der Waals surface area (Å²) in [6, 6.07) is 13.5. The molecule has 0 radical (unpaired) electrons. The molecule has 0 N–H and O–H groups in total. The molecule has 9 heteroatoms. The normalized spacial score (nSPS) is 19.4. The third-order valence-electron chi connectivity index (χ3n) is 6.96. The highest BCUT2D eigenvalue weighted by Gasteiger charge is 2.25. The SMILES string of the molecule is CN1CCN(CCOc2ccc([C@H]3CN(c4nc(-c5ccncc5)cc(=O)n4C)CCO3)cc2)CC1. The molecule has 2 saturated heterocycles. The number of hydrogen-bond donors (Lipinski definition) is 0. The van der Waals surface area contributed by atoms with E-state index in [9.17, 15) is 4.79 Å². The average molecular weight is 491 g/mol. The van der Waals surface area contributed by atoms with E-state index in [1.165, 1.54) is 0 Å². The molecule has 4 heterocycles. The lowest BCUT2D eigenvalue weighted by atomic mass is 10.1. The van der Waals surface area contributed by atoms with Crippen molar-refractivity contribution in [2.75, 3.05) is 71.0 Å². The van der Waals surface area contributed by atoms with Crippen LogP contribution in [0.3, 0.4) is 0 Å². The molecule has 1 aromatic carbocycles. The Kier molecular flexibility index (Phi) is 7.60. The van der Waals surface area contributed by atoms with E-state index >= 15 is 0 Å². The molecule has 1 atom stereocenters. The van der Waals surface area contributed by atoms with E-state index in [4.69, 9.17) is 14.5 Å². The first-order valence-corrected chi connectivity index (χ1v) is 12.6. The van der Waals surface area contributed by atoms with Crippen LogP contribution >= 0.6 is 0 Å². The van der Waals surface area contributed by atoms with E-state index in [1.807, 2.05) is 24.3 Å². The molecule has 3 aromatic rings. The first-order chi connectivity index (χ1) is 17.6. The van der Waals surface area contributed by atoms with Crippen LogP contribution in [0.25, 0.3) is 11.3 Å². The van der Waals surface area contributed by atoms with E-state index in [0.29, 0.717) is 37.9 Å². The highest BCUT2D eigenvalue weighted by Crippen LogP contribution is 2.27. The van der Waals surface area contributed by atoms with Gasteiger partial charge < -0.3 is 19.3 Å². The molecule has 0 bridgehead atoms. The molecule has 0 unspecified atom stereocenters. The summed E-state index contributed by atoms with van der Waals surface area (Å²) in [5.41, 5.74) is 2.52. The van der Waals surface area contributed by atoms with Crippen molar-refractivity contribution in [3.63, 3.8) is 0 Å². The van der Waals surface area contributed by atoms with Gasteiger partial charge in [0, 0.05) is 70.3 Å². The summed E-state index contributed by atoms with van der Waals surface area (Å²) >= 11 is 0. The van der Waals surface area contributed by atoms with Gasteiger partial charge in [-0.05, 0) is 36.9 Å². The Morgan fingerprint density at radius 2 is 1.75 bits per heavy atom. The quantitative estimate of drug-likeness (QED) is 0.498. The number of rotatable bonds is 7. The van der Waals surface area contributed by atoms with Crippen LogP contribution in [0.4, 0.5) is 5.95 Å². The maximum Gasteiger partial charge on any atom is 0.255 e. The van der Waals surface area contributed by atoms with Crippen molar-refractivity contribution in [2.45, 2.75) is 6.10 Å². The maximum absolute atomic E-state index is 12.7. The predicted molar refractivity (Wildman–Crippen MR) is 139 cm³/mol. The number of piperazine rings is 1. The van der Waals surface area contributed by atoms with Crippen LogP contribution in [0.2, 0.25) is 0 Å². The standard InChI is InChI=1S/C27H34N6O3/c1-30-11-13-32(14-12-30)15-17-35-23-5-3-22(4-6-23)25-20-33(16-18-36-25)27-29-24(19-26(34)31(27)2)21-7-9-28-10-8-21/h3-10,19,25H,11-18,20H2,1-2H3/t25-/m1/s1. The van der Waals surface area contributed by atoms with Gasteiger partial charge in [0.05, 0.1) is 18.8 Å². The molecule has 0 aliphatic carbocycles. The summed E-state index contributed by atoms with van der Waals surface area (Å²) in [6.07, 6.45) is 3.30. The van der Waals surface area contributed by atoms with Crippen molar-refractivity contribution in [1.82, 2.24) is 24.3 Å². The Labute approximate surface area is 211 Å². The fourth-order valence-electron chi connectivity index (χ4n) is 4.66. The molecule has 2 fully saturated rings. The molecule has 36 heavy (non-hydrogen) atoms. The molecule has 2 aliphatic rings. The average Bonchev–Trinajstić information content (AvgIpc) is 2.92. The number of morpholine rings is 1. The van der Waals surface area contributed by atoms with Crippen LogP contribution in [0.15, 0.2) is 59.7 Å². The summed E-state index contributed by atoms with van der Waals surface area (Å²) in [4.78, 5) is 28.5. The fourth-order valence-corrected chi connectivity index (χ4v) is 4.66.